The van der Waals surface area contributed by atoms with Crippen LogP contribution < -0.4 is 0 Å². The third kappa shape index (κ3) is 8.11. The van der Waals surface area contributed by atoms with Crippen LogP contribution in [0, 0.1) is 22.2 Å². The van der Waals surface area contributed by atoms with Gasteiger partial charge < -0.3 is 15.3 Å². The van der Waals surface area contributed by atoms with Crippen LogP contribution in [0.1, 0.15) is 126 Å². The summed E-state index contributed by atoms with van der Waals surface area (Å²) in [5, 5.41) is 32.0. The SMILES string of the molecule is CC(C)=CCC/C(C)=C/C[C@]12C[C@@H](CC=C(C)C)C(C)(C)[C@](C/C=C(\C)CCC=C(C)C)(C(=O)/C(=C(/O)c3ccc(O)c(O)c3)C1=O)C2=O. The number of rotatable bonds is 13. The van der Waals surface area contributed by atoms with Crippen LogP contribution in [-0.2, 0) is 14.4 Å². The molecule has 3 atom stereocenters. The highest BCUT2D eigenvalue weighted by Gasteiger charge is 2.73. The molecule has 266 valence electrons. The fraction of sp³-hybridized carbons (Fsp3) is 0.512. The molecule has 0 aromatic heterocycles. The number of aromatic hydroxyl groups is 2. The fourth-order valence-corrected chi connectivity index (χ4v) is 7.53. The average Bonchev–Trinajstić information content (AvgIpc) is 3.00. The van der Waals surface area contributed by atoms with E-state index in [4.69, 9.17) is 0 Å². The Balaban J connectivity index is 2.36. The van der Waals surface area contributed by atoms with Gasteiger partial charge in [0, 0.05) is 5.56 Å². The maximum Gasteiger partial charge on any atom is 0.184 e. The third-order valence-electron chi connectivity index (χ3n) is 10.8. The van der Waals surface area contributed by atoms with Crippen molar-refractivity contribution in [2.24, 2.45) is 22.2 Å². The molecule has 0 radical (unpaired) electrons. The van der Waals surface area contributed by atoms with Gasteiger partial charge in [-0.2, -0.15) is 0 Å². The third-order valence-corrected chi connectivity index (χ3v) is 10.8. The Morgan fingerprint density at radius 3 is 1.78 bits per heavy atom. The van der Waals surface area contributed by atoms with E-state index in [2.05, 4.69) is 45.9 Å². The number of phenolic OH excluding ortho intramolecular Hbond substituents is 2. The molecule has 6 heteroatoms. The first kappa shape index (κ1) is 39.5. The smallest absolute Gasteiger partial charge is 0.184 e. The number of ketones is 3. The molecular weight excluding hydrogens is 612 g/mol. The van der Waals surface area contributed by atoms with Gasteiger partial charge in [0.15, 0.2) is 28.8 Å². The maximum atomic E-state index is 15.3. The molecule has 49 heavy (non-hydrogen) atoms. The number of Topliss-reactive ketones (excluding diaryl/α,β-unsaturated/α-hetero) is 3. The second-order valence-corrected chi connectivity index (χ2v) is 15.7. The van der Waals surface area contributed by atoms with Crippen LogP contribution in [0.15, 0.2) is 82.0 Å². The summed E-state index contributed by atoms with van der Waals surface area (Å²) >= 11 is 0. The van der Waals surface area contributed by atoms with E-state index in [1.54, 1.807) is 0 Å². The van der Waals surface area contributed by atoms with Crippen LogP contribution in [0.5, 0.6) is 11.5 Å². The zero-order valence-electron chi connectivity index (χ0n) is 31.4. The van der Waals surface area contributed by atoms with E-state index in [1.165, 1.54) is 23.3 Å². The topological polar surface area (TPSA) is 112 Å². The van der Waals surface area contributed by atoms with E-state index < -0.39 is 50.6 Å². The molecule has 2 aliphatic rings. The van der Waals surface area contributed by atoms with E-state index in [1.807, 2.05) is 53.7 Å². The monoisotopic (exact) mass is 670 g/mol. The predicted octanol–water partition coefficient (Wildman–Crippen LogP) is 10.6. The van der Waals surface area contributed by atoms with Gasteiger partial charge in [-0.3, -0.25) is 14.4 Å². The molecule has 0 aliphatic heterocycles. The van der Waals surface area contributed by atoms with Crippen LogP contribution in [0.3, 0.4) is 0 Å². The minimum atomic E-state index is -1.62. The second-order valence-electron chi connectivity index (χ2n) is 15.7. The summed E-state index contributed by atoms with van der Waals surface area (Å²) in [7, 11) is 0. The van der Waals surface area contributed by atoms with Crippen LogP contribution in [0.2, 0.25) is 0 Å². The lowest BCUT2D eigenvalue weighted by Gasteiger charge is -2.60. The van der Waals surface area contributed by atoms with Crippen LogP contribution in [-0.4, -0.2) is 32.7 Å². The number of fused-ring (bicyclic) bond motifs is 2. The molecule has 3 N–H and O–H groups in total. The van der Waals surface area contributed by atoms with Crippen molar-refractivity contribution >= 4 is 23.1 Å². The van der Waals surface area contributed by atoms with Crippen LogP contribution >= 0.6 is 0 Å². The normalized spacial score (nSPS) is 24.8. The minimum Gasteiger partial charge on any atom is -0.506 e. The van der Waals surface area contributed by atoms with Gasteiger partial charge in [0.05, 0.1) is 5.41 Å². The number of allylic oxidation sites excluding steroid dienone is 11. The van der Waals surface area contributed by atoms with Gasteiger partial charge in [-0.25, -0.2) is 0 Å². The molecule has 0 heterocycles. The molecule has 0 unspecified atom stereocenters. The summed E-state index contributed by atoms with van der Waals surface area (Å²) in [5.41, 5.74) is 1.22. The quantitative estimate of drug-likeness (QED) is 0.0481. The van der Waals surface area contributed by atoms with Gasteiger partial charge in [-0.1, -0.05) is 72.1 Å². The standard InChI is InChI=1S/C43H58O6/c1-27(2)13-11-15-30(7)21-23-42-26-33(19-17-29(5)6)41(9,10)43(40(42)49,24-22-31(8)16-12-14-28(3)4)39(48)36(38(42)47)37(46)32-18-20-34(44)35(45)25-32/h13-14,17-18,20-22,25,33,44-46H,11-12,15-16,19,23-24,26H2,1-10H3/b30-21+,31-22+,37-36+/t33-,42+,43-/m1/s1. The Hall–Kier alpha value is -3.93. The van der Waals surface area contributed by atoms with Crippen molar-refractivity contribution in [2.75, 3.05) is 0 Å². The lowest BCUT2D eigenvalue weighted by atomic mass is 9.38. The number of carbonyl (C=O) groups is 3. The molecule has 1 aromatic carbocycles. The van der Waals surface area contributed by atoms with Crippen molar-refractivity contribution in [3.63, 3.8) is 0 Å². The molecule has 0 amide bonds. The van der Waals surface area contributed by atoms with Gasteiger partial charge in [0.1, 0.15) is 16.7 Å². The Kier molecular flexibility index (Phi) is 12.7. The summed E-state index contributed by atoms with van der Waals surface area (Å²) in [6.45, 7) is 20.2. The van der Waals surface area contributed by atoms with E-state index in [9.17, 15) is 20.1 Å². The van der Waals surface area contributed by atoms with Crippen molar-refractivity contribution in [3.05, 3.63) is 87.6 Å². The van der Waals surface area contributed by atoms with Crippen LogP contribution in [0.25, 0.3) is 5.76 Å². The van der Waals surface area contributed by atoms with E-state index in [-0.39, 0.29) is 36.5 Å². The highest BCUT2D eigenvalue weighted by molar-refractivity contribution is 6.41. The van der Waals surface area contributed by atoms with E-state index >= 15 is 9.59 Å². The van der Waals surface area contributed by atoms with Crippen molar-refractivity contribution in [3.8, 4) is 11.5 Å². The molecule has 2 aliphatic carbocycles. The molecule has 2 saturated carbocycles. The average molecular weight is 671 g/mol. The number of hydrogen-bond acceptors (Lipinski definition) is 6. The van der Waals surface area contributed by atoms with E-state index in [0.717, 1.165) is 48.5 Å². The molecule has 0 saturated heterocycles. The van der Waals surface area contributed by atoms with Gasteiger partial charge >= 0.3 is 0 Å². The number of carbonyl (C=O) groups excluding carboxylic acids is 3. The van der Waals surface area contributed by atoms with Gasteiger partial charge in [0.2, 0.25) is 0 Å². The summed E-state index contributed by atoms with van der Waals surface area (Å²) in [6, 6.07) is 3.69. The number of aliphatic hydroxyl groups is 1. The first-order valence-electron chi connectivity index (χ1n) is 17.6. The Bertz CT molecular complexity index is 1650. The number of phenols is 2. The number of benzene rings is 1. The molecule has 1 aromatic rings. The predicted molar refractivity (Wildman–Crippen MR) is 199 cm³/mol. The van der Waals surface area contributed by atoms with Crippen LogP contribution in [0.4, 0.5) is 0 Å². The van der Waals surface area contributed by atoms with Gasteiger partial charge in [-0.05, 0) is 136 Å². The zero-order chi connectivity index (χ0) is 36.9. The van der Waals surface area contributed by atoms with Gasteiger partial charge in [0.25, 0.3) is 0 Å². The Morgan fingerprint density at radius 2 is 1.27 bits per heavy atom. The molecule has 3 rings (SSSR count). The lowest BCUT2D eigenvalue weighted by Crippen LogP contribution is -2.69. The van der Waals surface area contributed by atoms with Crippen molar-refractivity contribution < 1.29 is 29.7 Å². The first-order chi connectivity index (χ1) is 22.8. The highest BCUT2D eigenvalue weighted by atomic mass is 16.3. The first-order valence-corrected chi connectivity index (χ1v) is 17.6. The summed E-state index contributed by atoms with van der Waals surface area (Å²) < 4.78 is 0. The zero-order valence-corrected chi connectivity index (χ0v) is 31.4. The Morgan fingerprint density at radius 1 is 0.735 bits per heavy atom. The fourth-order valence-electron chi connectivity index (χ4n) is 7.53. The summed E-state index contributed by atoms with van der Waals surface area (Å²) in [4.78, 5) is 45.3. The number of hydrogen-bond donors (Lipinski definition) is 3. The second kappa shape index (κ2) is 15.7. The molecule has 0 spiro atoms. The number of aliphatic hydroxyl groups excluding tert-OH is 1. The van der Waals surface area contributed by atoms with Crippen molar-refractivity contribution in [1.82, 2.24) is 0 Å². The minimum absolute atomic E-state index is 0.0190. The highest BCUT2D eigenvalue weighted by Crippen LogP contribution is 2.65. The molecule has 2 fully saturated rings. The summed E-state index contributed by atoms with van der Waals surface area (Å²) in [5.74, 6) is -3.35. The molecule has 6 nitrogen and oxygen atoms in total. The van der Waals surface area contributed by atoms with E-state index in [0.29, 0.717) is 6.42 Å². The molecular formula is C43H58O6. The maximum absolute atomic E-state index is 15.3. The van der Waals surface area contributed by atoms with Crippen molar-refractivity contribution in [2.45, 2.75) is 121 Å². The van der Waals surface area contributed by atoms with Gasteiger partial charge in [-0.15, -0.1) is 0 Å². The molecule has 2 bridgehead atoms. The lowest BCUT2D eigenvalue weighted by molar-refractivity contribution is -0.176. The van der Waals surface area contributed by atoms with Crippen molar-refractivity contribution in [1.29, 1.82) is 0 Å². The summed E-state index contributed by atoms with van der Waals surface area (Å²) in [6.07, 6.45) is 14.7. The Labute approximate surface area is 294 Å². The largest absolute Gasteiger partial charge is 0.506 e.